The summed E-state index contributed by atoms with van der Waals surface area (Å²) < 4.78 is 7.45. The number of hydrogen-bond acceptors (Lipinski definition) is 4. The number of nitrogens with two attached hydrogens (primary N) is 1. The summed E-state index contributed by atoms with van der Waals surface area (Å²) in [4.78, 5) is 8.35. The van der Waals surface area contributed by atoms with E-state index in [4.69, 9.17) is 10.5 Å². The Hall–Kier alpha value is -2.62. The van der Waals surface area contributed by atoms with Crippen molar-refractivity contribution in [1.82, 2.24) is 14.8 Å². The Bertz CT molecular complexity index is 834. The number of ether oxygens (including phenoxy) is 1. The molecule has 0 unspecified atom stereocenters. The molecule has 0 radical (unpaired) electrons. The third-order valence-electron chi connectivity index (χ3n) is 3.28. The molecular formula is C17H19IN6O. The van der Waals surface area contributed by atoms with E-state index in [1.807, 2.05) is 61.6 Å². The van der Waals surface area contributed by atoms with Gasteiger partial charge in [-0.25, -0.2) is 9.98 Å². The number of rotatable bonds is 5. The number of nitrogens with one attached hydrogen (secondary N) is 1. The van der Waals surface area contributed by atoms with Crippen LogP contribution in [0.2, 0.25) is 0 Å². The van der Waals surface area contributed by atoms with Crippen molar-refractivity contribution in [1.29, 1.82) is 0 Å². The summed E-state index contributed by atoms with van der Waals surface area (Å²) in [6.07, 6.45) is 1.48. The second-order valence-electron chi connectivity index (χ2n) is 5.07. The Labute approximate surface area is 163 Å². The van der Waals surface area contributed by atoms with E-state index >= 15 is 0 Å². The predicted molar refractivity (Wildman–Crippen MR) is 108 cm³/mol. The van der Waals surface area contributed by atoms with Crippen molar-refractivity contribution in [3.8, 4) is 11.5 Å². The van der Waals surface area contributed by atoms with Crippen LogP contribution >= 0.6 is 24.0 Å². The van der Waals surface area contributed by atoms with Crippen molar-refractivity contribution in [3.05, 3.63) is 66.7 Å². The number of aromatic nitrogens is 3. The second-order valence-corrected chi connectivity index (χ2v) is 5.07. The second kappa shape index (κ2) is 9.02. The lowest BCUT2D eigenvalue weighted by molar-refractivity contribution is 0.483. The molecule has 2 aromatic carbocycles. The van der Waals surface area contributed by atoms with Crippen LogP contribution in [-0.4, -0.2) is 20.7 Å². The standard InChI is InChI=1S/C17H18N6O.HI/c1-23-16(20-12-21-23)11-19-17(18)22-13-6-5-9-15(10-13)24-14-7-3-2-4-8-14;/h2-10,12H,11H2,1H3,(H3,18,19,22);1H. The molecule has 0 fully saturated rings. The maximum Gasteiger partial charge on any atom is 0.193 e. The molecule has 1 aromatic heterocycles. The molecule has 3 rings (SSSR count). The fourth-order valence-corrected chi connectivity index (χ4v) is 2.07. The third-order valence-corrected chi connectivity index (χ3v) is 3.28. The number of aliphatic imine (C=N–C) groups is 1. The van der Waals surface area contributed by atoms with Crippen LogP contribution in [0.3, 0.4) is 0 Å². The van der Waals surface area contributed by atoms with Gasteiger partial charge in [0, 0.05) is 18.8 Å². The Morgan fingerprint density at radius 1 is 1.16 bits per heavy atom. The topological polar surface area (TPSA) is 90.4 Å². The van der Waals surface area contributed by atoms with Gasteiger partial charge in [0.25, 0.3) is 0 Å². The fourth-order valence-electron chi connectivity index (χ4n) is 2.07. The van der Waals surface area contributed by atoms with Crippen LogP contribution in [0.15, 0.2) is 65.9 Å². The van der Waals surface area contributed by atoms with Gasteiger partial charge in [-0.2, -0.15) is 5.10 Å². The first-order valence-corrected chi connectivity index (χ1v) is 7.43. The highest BCUT2D eigenvalue weighted by molar-refractivity contribution is 14.0. The van der Waals surface area contributed by atoms with Gasteiger partial charge >= 0.3 is 0 Å². The number of hydrogen-bond donors (Lipinski definition) is 2. The predicted octanol–water partition coefficient (Wildman–Crippen LogP) is 3.15. The first kappa shape index (κ1) is 18.7. The fraction of sp³-hybridized carbons (Fsp3) is 0.118. The molecule has 0 aliphatic rings. The van der Waals surface area contributed by atoms with Gasteiger partial charge in [-0.3, -0.25) is 4.68 Å². The summed E-state index contributed by atoms with van der Waals surface area (Å²) in [5.74, 6) is 2.53. The van der Waals surface area contributed by atoms with Gasteiger partial charge in [0.05, 0.1) is 0 Å². The van der Waals surface area contributed by atoms with E-state index in [0.29, 0.717) is 18.3 Å². The lowest BCUT2D eigenvalue weighted by Gasteiger charge is -2.09. The monoisotopic (exact) mass is 450 g/mol. The molecular weight excluding hydrogens is 431 g/mol. The maximum absolute atomic E-state index is 5.92. The number of guanidine groups is 1. The zero-order valence-corrected chi connectivity index (χ0v) is 16.0. The number of anilines is 1. The average Bonchev–Trinajstić information content (AvgIpc) is 2.99. The first-order valence-electron chi connectivity index (χ1n) is 7.43. The Kier molecular flexibility index (Phi) is 6.75. The molecule has 0 saturated heterocycles. The molecule has 0 saturated carbocycles. The number of nitrogens with zero attached hydrogens (tertiary/aromatic N) is 4. The minimum atomic E-state index is 0. The number of para-hydroxylation sites is 1. The highest BCUT2D eigenvalue weighted by atomic mass is 127. The summed E-state index contributed by atoms with van der Waals surface area (Å²) in [6.45, 7) is 0.357. The molecule has 0 aliphatic carbocycles. The SMILES string of the molecule is Cn1ncnc1CN=C(N)Nc1cccc(Oc2ccccc2)c1.I. The molecule has 7 nitrogen and oxygen atoms in total. The number of benzene rings is 2. The van der Waals surface area contributed by atoms with E-state index in [0.717, 1.165) is 17.3 Å². The van der Waals surface area contributed by atoms with Crippen molar-refractivity contribution >= 4 is 35.6 Å². The van der Waals surface area contributed by atoms with Gasteiger partial charge in [0.2, 0.25) is 0 Å². The summed E-state index contributed by atoms with van der Waals surface area (Å²) in [6, 6.07) is 17.1. The lowest BCUT2D eigenvalue weighted by atomic mass is 10.3. The van der Waals surface area contributed by atoms with E-state index in [1.54, 1.807) is 4.68 Å². The highest BCUT2D eigenvalue weighted by Crippen LogP contribution is 2.23. The van der Waals surface area contributed by atoms with Crippen molar-refractivity contribution in [2.45, 2.75) is 6.54 Å². The highest BCUT2D eigenvalue weighted by Gasteiger charge is 2.02. The molecule has 8 heteroatoms. The van der Waals surface area contributed by atoms with Gasteiger partial charge < -0.3 is 15.8 Å². The van der Waals surface area contributed by atoms with E-state index in [2.05, 4.69) is 20.4 Å². The van der Waals surface area contributed by atoms with Crippen LogP contribution in [-0.2, 0) is 13.6 Å². The van der Waals surface area contributed by atoms with Crippen molar-refractivity contribution in [2.75, 3.05) is 5.32 Å². The van der Waals surface area contributed by atoms with E-state index in [9.17, 15) is 0 Å². The van der Waals surface area contributed by atoms with Gasteiger partial charge in [-0.15, -0.1) is 24.0 Å². The summed E-state index contributed by atoms with van der Waals surface area (Å²) in [5.41, 5.74) is 6.71. The smallest absolute Gasteiger partial charge is 0.193 e. The van der Waals surface area contributed by atoms with Gasteiger partial charge in [0.1, 0.15) is 30.2 Å². The quantitative estimate of drug-likeness (QED) is 0.354. The maximum atomic E-state index is 5.92. The molecule has 0 spiro atoms. The van der Waals surface area contributed by atoms with Gasteiger partial charge in [-0.05, 0) is 24.3 Å². The van der Waals surface area contributed by atoms with Crippen LogP contribution in [0.25, 0.3) is 0 Å². The number of aryl methyl sites for hydroxylation is 1. The molecule has 3 aromatic rings. The Balaban J connectivity index is 0.00000225. The first-order chi connectivity index (χ1) is 11.7. The minimum Gasteiger partial charge on any atom is -0.457 e. The molecule has 130 valence electrons. The molecule has 0 bridgehead atoms. The van der Waals surface area contributed by atoms with E-state index in [-0.39, 0.29) is 24.0 Å². The summed E-state index contributed by atoms with van der Waals surface area (Å²) >= 11 is 0. The Morgan fingerprint density at radius 3 is 2.64 bits per heavy atom. The lowest BCUT2D eigenvalue weighted by Crippen LogP contribution is -2.22. The number of halogens is 1. The van der Waals surface area contributed by atoms with Crippen LogP contribution in [0, 0.1) is 0 Å². The summed E-state index contributed by atoms with van der Waals surface area (Å²) in [5, 5.41) is 7.03. The average molecular weight is 450 g/mol. The van der Waals surface area contributed by atoms with Gasteiger partial charge in [0.15, 0.2) is 5.96 Å². The van der Waals surface area contributed by atoms with E-state index in [1.165, 1.54) is 6.33 Å². The van der Waals surface area contributed by atoms with Crippen LogP contribution in [0.5, 0.6) is 11.5 Å². The molecule has 0 amide bonds. The van der Waals surface area contributed by atoms with Crippen LogP contribution in [0.1, 0.15) is 5.82 Å². The third kappa shape index (κ3) is 5.45. The van der Waals surface area contributed by atoms with Crippen molar-refractivity contribution < 1.29 is 4.74 Å². The largest absolute Gasteiger partial charge is 0.457 e. The molecule has 25 heavy (non-hydrogen) atoms. The summed E-state index contributed by atoms with van der Waals surface area (Å²) in [7, 11) is 1.81. The normalized spacial score (nSPS) is 10.8. The molecule has 1 heterocycles. The van der Waals surface area contributed by atoms with E-state index < -0.39 is 0 Å². The minimum absolute atomic E-state index is 0. The van der Waals surface area contributed by atoms with Crippen molar-refractivity contribution in [3.63, 3.8) is 0 Å². The molecule has 0 atom stereocenters. The zero-order chi connectivity index (χ0) is 16.8. The van der Waals surface area contributed by atoms with Crippen LogP contribution < -0.4 is 15.8 Å². The van der Waals surface area contributed by atoms with Crippen LogP contribution in [0.4, 0.5) is 5.69 Å². The molecule has 0 aliphatic heterocycles. The molecule has 3 N–H and O–H groups in total. The van der Waals surface area contributed by atoms with Gasteiger partial charge in [-0.1, -0.05) is 24.3 Å². The van der Waals surface area contributed by atoms with Crippen molar-refractivity contribution in [2.24, 2.45) is 17.8 Å². The zero-order valence-electron chi connectivity index (χ0n) is 13.7. The Morgan fingerprint density at radius 2 is 1.92 bits per heavy atom.